The highest BCUT2D eigenvalue weighted by Gasteiger charge is 1.85. The van der Waals surface area contributed by atoms with Crippen molar-refractivity contribution in [3.05, 3.63) is 18.0 Å². The predicted molar refractivity (Wildman–Crippen MR) is 37.9 cm³/mol. The van der Waals surface area contributed by atoms with Crippen molar-refractivity contribution in [3.63, 3.8) is 0 Å². The highest BCUT2D eigenvalue weighted by molar-refractivity contribution is 5.21. The van der Waals surface area contributed by atoms with Crippen LogP contribution in [0, 0.1) is 12.3 Å². The summed E-state index contributed by atoms with van der Waals surface area (Å²) in [5.74, 6) is 2.42. The van der Waals surface area contributed by atoms with Crippen LogP contribution in [-0.2, 0) is 7.05 Å². The Morgan fingerprint density at radius 1 is 1.78 bits per heavy atom. The van der Waals surface area contributed by atoms with Crippen LogP contribution in [0.4, 0.5) is 0 Å². The van der Waals surface area contributed by atoms with E-state index in [1.165, 1.54) is 0 Å². The number of rotatable bonds is 0. The molecule has 0 amide bonds. The first-order valence-corrected chi connectivity index (χ1v) is 2.29. The van der Waals surface area contributed by atoms with Crippen LogP contribution in [0.15, 0.2) is 12.3 Å². The largest absolute Gasteiger partial charge is 0.275 e. The Balaban J connectivity index is 0.000000640. The minimum absolute atomic E-state index is 0. The van der Waals surface area contributed by atoms with E-state index in [2.05, 4.69) is 11.0 Å². The van der Waals surface area contributed by atoms with Gasteiger partial charge in [0.05, 0.1) is 0 Å². The van der Waals surface area contributed by atoms with Gasteiger partial charge in [0.2, 0.25) is 0 Å². The molecule has 0 N–H and O–H groups in total. The van der Waals surface area contributed by atoms with Crippen LogP contribution < -0.4 is 0 Å². The number of terminal acetylenes is 1. The molecule has 1 aromatic heterocycles. The Morgan fingerprint density at radius 3 is 2.67 bits per heavy atom. The third kappa shape index (κ3) is 1.61. The maximum absolute atomic E-state index is 5.04. The van der Waals surface area contributed by atoms with E-state index >= 15 is 0 Å². The van der Waals surface area contributed by atoms with Crippen molar-refractivity contribution in [2.45, 2.75) is 7.43 Å². The Bertz CT molecular complexity index is 217. The third-order valence-corrected chi connectivity index (χ3v) is 0.861. The summed E-state index contributed by atoms with van der Waals surface area (Å²) in [7, 11) is 1.83. The molecule has 0 saturated carbocycles. The number of hydrogen-bond donors (Lipinski definition) is 0. The Kier molecular flexibility index (Phi) is 2.53. The lowest BCUT2D eigenvalue weighted by Gasteiger charge is -1.79. The summed E-state index contributed by atoms with van der Waals surface area (Å²) in [5.41, 5.74) is 0.688. The Hall–Kier alpha value is -1.23. The van der Waals surface area contributed by atoms with Gasteiger partial charge in [-0.1, -0.05) is 7.43 Å². The topological polar surface area (TPSA) is 17.8 Å². The molecule has 0 aromatic carbocycles. The summed E-state index contributed by atoms with van der Waals surface area (Å²) >= 11 is 0. The molecule has 0 fully saturated rings. The van der Waals surface area contributed by atoms with E-state index in [0.29, 0.717) is 5.69 Å². The summed E-state index contributed by atoms with van der Waals surface area (Å²) in [6.07, 6.45) is 6.85. The quantitative estimate of drug-likeness (QED) is 0.470. The van der Waals surface area contributed by atoms with E-state index in [4.69, 9.17) is 6.42 Å². The normalized spacial score (nSPS) is 7.56. The summed E-state index contributed by atoms with van der Waals surface area (Å²) in [6.45, 7) is 0. The van der Waals surface area contributed by atoms with Crippen molar-refractivity contribution in [1.82, 2.24) is 9.78 Å². The van der Waals surface area contributed by atoms with Crippen LogP contribution in [0.25, 0.3) is 0 Å². The zero-order valence-corrected chi connectivity index (χ0v) is 4.63. The molecule has 0 radical (unpaired) electrons. The molecular formula is C7H10N2. The summed E-state index contributed by atoms with van der Waals surface area (Å²) in [5, 5.41) is 3.91. The van der Waals surface area contributed by atoms with Gasteiger partial charge in [-0.2, -0.15) is 5.10 Å². The molecule has 0 aliphatic heterocycles. The second-order valence-corrected chi connectivity index (χ2v) is 1.52. The molecule has 0 spiro atoms. The third-order valence-electron chi connectivity index (χ3n) is 0.861. The van der Waals surface area contributed by atoms with Gasteiger partial charge < -0.3 is 0 Å². The van der Waals surface area contributed by atoms with Crippen LogP contribution in [0.5, 0.6) is 0 Å². The van der Waals surface area contributed by atoms with E-state index in [0.717, 1.165) is 0 Å². The fraction of sp³-hybridized carbons (Fsp3) is 0.286. The minimum atomic E-state index is 0. The smallest absolute Gasteiger partial charge is 0.134 e. The fourth-order valence-corrected chi connectivity index (χ4v) is 0.492. The Labute approximate surface area is 55.5 Å². The van der Waals surface area contributed by atoms with Crippen LogP contribution in [0.2, 0.25) is 0 Å². The first kappa shape index (κ1) is 7.77. The van der Waals surface area contributed by atoms with E-state index in [-0.39, 0.29) is 7.43 Å². The van der Waals surface area contributed by atoms with Crippen molar-refractivity contribution in [2.75, 3.05) is 0 Å². The maximum atomic E-state index is 5.04. The maximum Gasteiger partial charge on any atom is 0.134 e. The van der Waals surface area contributed by atoms with Gasteiger partial charge in [0.1, 0.15) is 5.69 Å². The second kappa shape index (κ2) is 2.93. The molecule has 2 nitrogen and oxygen atoms in total. The van der Waals surface area contributed by atoms with Crippen molar-refractivity contribution in [3.8, 4) is 12.3 Å². The molecule has 0 aliphatic carbocycles. The molecule has 0 aliphatic rings. The first-order chi connectivity index (χ1) is 3.83. The monoisotopic (exact) mass is 122 g/mol. The molecule has 2 heteroatoms. The number of aromatic nitrogens is 2. The van der Waals surface area contributed by atoms with Gasteiger partial charge in [-0.25, -0.2) is 0 Å². The van der Waals surface area contributed by atoms with E-state index in [1.807, 2.05) is 13.2 Å². The summed E-state index contributed by atoms with van der Waals surface area (Å²) < 4.78 is 1.68. The summed E-state index contributed by atoms with van der Waals surface area (Å²) in [6, 6.07) is 1.79. The minimum Gasteiger partial charge on any atom is -0.275 e. The number of aryl methyl sites for hydroxylation is 1. The van der Waals surface area contributed by atoms with E-state index < -0.39 is 0 Å². The van der Waals surface area contributed by atoms with Crippen LogP contribution in [0.3, 0.4) is 0 Å². The highest BCUT2D eigenvalue weighted by Crippen LogP contribution is 1.87. The SMILES string of the molecule is C.C#Cc1ccn(C)n1. The van der Waals surface area contributed by atoms with E-state index in [1.54, 1.807) is 10.7 Å². The van der Waals surface area contributed by atoms with E-state index in [9.17, 15) is 0 Å². The zero-order valence-electron chi connectivity index (χ0n) is 4.63. The van der Waals surface area contributed by atoms with Gasteiger partial charge in [-0.05, 0) is 12.0 Å². The lowest BCUT2D eigenvalue weighted by molar-refractivity contribution is 0.764. The van der Waals surface area contributed by atoms with Crippen LogP contribution in [-0.4, -0.2) is 9.78 Å². The lowest BCUT2D eigenvalue weighted by Crippen LogP contribution is -1.86. The highest BCUT2D eigenvalue weighted by atomic mass is 15.2. The van der Waals surface area contributed by atoms with Crippen molar-refractivity contribution < 1.29 is 0 Å². The molecular weight excluding hydrogens is 112 g/mol. The zero-order chi connectivity index (χ0) is 5.98. The fourth-order valence-electron chi connectivity index (χ4n) is 0.492. The molecule has 0 bridgehead atoms. The average molecular weight is 122 g/mol. The van der Waals surface area contributed by atoms with Gasteiger partial charge in [0, 0.05) is 13.2 Å². The Morgan fingerprint density at radius 2 is 2.44 bits per heavy atom. The average Bonchev–Trinajstić information content (AvgIpc) is 2.14. The van der Waals surface area contributed by atoms with Gasteiger partial charge in [-0.15, -0.1) is 6.42 Å². The molecule has 0 saturated heterocycles. The first-order valence-electron chi connectivity index (χ1n) is 2.29. The molecule has 1 rings (SSSR count). The predicted octanol–water partition coefficient (Wildman–Crippen LogP) is 1.04. The second-order valence-electron chi connectivity index (χ2n) is 1.52. The van der Waals surface area contributed by atoms with Gasteiger partial charge in [0.15, 0.2) is 0 Å². The molecule has 0 atom stereocenters. The van der Waals surface area contributed by atoms with Crippen LogP contribution in [0.1, 0.15) is 13.1 Å². The molecule has 9 heavy (non-hydrogen) atoms. The van der Waals surface area contributed by atoms with Gasteiger partial charge in [-0.3, -0.25) is 4.68 Å². The standard InChI is InChI=1S/C6H6N2.CH4/c1-3-6-4-5-8(2)7-6;/h1,4-5H,2H3;1H4. The van der Waals surface area contributed by atoms with Crippen molar-refractivity contribution in [1.29, 1.82) is 0 Å². The molecule has 0 unspecified atom stereocenters. The lowest BCUT2D eigenvalue weighted by atomic mass is 10.5. The van der Waals surface area contributed by atoms with Gasteiger partial charge in [0.25, 0.3) is 0 Å². The van der Waals surface area contributed by atoms with Crippen molar-refractivity contribution in [2.24, 2.45) is 7.05 Å². The molecule has 48 valence electrons. The molecule has 1 aromatic rings. The van der Waals surface area contributed by atoms with Crippen LogP contribution >= 0.6 is 0 Å². The summed E-state index contributed by atoms with van der Waals surface area (Å²) in [4.78, 5) is 0. The van der Waals surface area contributed by atoms with Gasteiger partial charge >= 0.3 is 0 Å². The molecule has 1 heterocycles. The number of nitrogens with zero attached hydrogens (tertiary/aromatic N) is 2. The number of hydrogen-bond acceptors (Lipinski definition) is 1. The van der Waals surface area contributed by atoms with Crippen molar-refractivity contribution >= 4 is 0 Å².